The Bertz CT molecular complexity index is 3720. The number of hydrogen-bond donors (Lipinski definition) is 0. The van der Waals surface area contributed by atoms with Gasteiger partial charge in [0.25, 0.3) is 0 Å². The van der Waals surface area contributed by atoms with E-state index in [0.717, 1.165) is 28.4 Å². The molecule has 3 heteroatoms. The maximum atomic E-state index is 2.44. The first-order chi connectivity index (χ1) is 32.5. The number of benzene rings is 10. The lowest BCUT2D eigenvalue weighted by molar-refractivity contribution is 1.18. The third-order valence-corrected chi connectivity index (χ3v) is 13.4. The summed E-state index contributed by atoms with van der Waals surface area (Å²) < 4.78 is 4.82. The SMILES string of the molecule is Cc1ccc(N(c2ccc(C)cc2)c2ccc(C)c(-c3cccc(-c4cccc5c4c4ccccc4n5-c4ccccc4)c3-c3ccc4c(c3)c3ccccc3n4-c3ccccc3)c2)cc1. The van der Waals surface area contributed by atoms with E-state index < -0.39 is 0 Å². The Morgan fingerprint density at radius 3 is 1.45 bits per heavy atom. The van der Waals surface area contributed by atoms with Gasteiger partial charge in [0.05, 0.1) is 22.1 Å². The number of fused-ring (bicyclic) bond motifs is 6. The zero-order chi connectivity index (χ0) is 44.3. The van der Waals surface area contributed by atoms with E-state index in [9.17, 15) is 0 Å². The van der Waals surface area contributed by atoms with E-state index in [1.165, 1.54) is 93.7 Å². The van der Waals surface area contributed by atoms with Crippen LogP contribution in [0.2, 0.25) is 0 Å². The number of aromatic nitrogens is 2. The van der Waals surface area contributed by atoms with Gasteiger partial charge < -0.3 is 14.0 Å². The number of para-hydroxylation sites is 4. The van der Waals surface area contributed by atoms with Crippen molar-refractivity contribution in [2.75, 3.05) is 4.90 Å². The minimum Gasteiger partial charge on any atom is -0.310 e. The summed E-state index contributed by atoms with van der Waals surface area (Å²) in [7, 11) is 0. The van der Waals surface area contributed by atoms with Gasteiger partial charge in [-0.1, -0.05) is 151 Å². The van der Waals surface area contributed by atoms with Crippen molar-refractivity contribution in [1.82, 2.24) is 9.13 Å². The number of aryl methyl sites for hydroxylation is 3. The molecule has 0 N–H and O–H groups in total. The highest BCUT2D eigenvalue weighted by Crippen LogP contribution is 2.48. The number of anilines is 3. The highest BCUT2D eigenvalue weighted by molar-refractivity contribution is 6.18. The standard InChI is InChI=1S/C63H47N3/c1-42-28-34-48(35-29-42)64(49-36-30-43(2)31-37-49)50-38-32-44(3)56(41-50)54-23-14-22-52(53-24-15-27-61-63(53)55-21-11-13-26-59(55)66(61)47-18-8-5-9-19-47)62(54)45-33-39-60-57(40-45)51-20-10-12-25-58(51)65(60)46-16-6-4-7-17-46/h4-41H,1-3H3. The van der Waals surface area contributed by atoms with E-state index in [0.29, 0.717) is 0 Å². The normalized spacial score (nSPS) is 11.6. The molecule has 314 valence electrons. The van der Waals surface area contributed by atoms with Crippen LogP contribution in [0, 0.1) is 20.8 Å². The fraction of sp³-hybridized carbons (Fsp3) is 0.0476. The van der Waals surface area contributed by atoms with E-state index in [-0.39, 0.29) is 0 Å². The molecule has 0 atom stereocenters. The lowest BCUT2D eigenvalue weighted by Crippen LogP contribution is -2.10. The van der Waals surface area contributed by atoms with Crippen molar-refractivity contribution >= 4 is 60.7 Å². The fourth-order valence-electron chi connectivity index (χ4n) is 10.3. The Morgan fingerprint density at radius 2 is 0.803 bits per heavy atom. The van der Waals surface area contributed by atoms with Gasteiger partial charge in [0.1, 0.15) is 0 Å². The second-order valence-electron chi connectivity index (χ2n) is 17.5. The molecule has 12 rings (SSSR count). The summed E-state index contributed by atoms with van der Waals surface area (Å²) in [6.07, 6.45) is 0. The number of nitrogens with zero attached hydrogens (tertiary/aromatic N) is 3. The minimum atomic E-state index is 1.11. The molecule has 0 fully saturated rings. The van der Waals surface area contributed by atoms with Gasteiger partial charge in [-0.05, 0) is 151 Å². The first-order valence-electron chi connectivity index (χ1n) is 22.8. The van der Waals surface area contributed by atoms with Crippen molar-refractivity contribution in [3.63, 3.8) is 0 Å². The maximum Gasteiger partial charge on any atom is 0.0547 e. The largest absolute Gasteiger partial charge is 0.310 e. The van der Waals surface area contributed by atoms with Gasteiger partial charge >= 0.3 is 0 Å². The molecule has 66 heavy (non-hydrogen) atoms. The molecule has 0 unspecified atom stereocenters. The van der Waals surface area contributed by atoms with E-state index >= 15 is 0 Å². The van der Waals surface area contributed by atoms with Crippen molar-refractivity contribution in [3.05, 3.63) is 247 Å². The Kier molecular flexibility index (Phi) is 9.50. The van der Waals surface area contributed by atoms with Crippen molar-refractivity contribution < 1.29 is 0 Å². The van der Waals surface area contributed by atoms with Crippen molar-refractivity contribution in [3.8, 4) is 44.8 Å². The Labute approximate surface area is 385 Å². The molecule has 0 spiro atoms. The van der Waals surface area contributed by atoms with Gasteiger partial charge in [-0.3, -0.25) is 0 Å². The molecule has 2 aromatic heterocycles. The average molecular weight is 846 g/mol. The second-order valence-corrected chi connectivity index (χ2v) is 17.5. The highest BCUT2D eigenvalue weighted by Gasteiger charge is 2.23. The van der Waals surface area contributed by atoms with Crippen molar-refractivity contribution in [1.29, 1.82) is 0 Å². The summed E-state index contributed by atoms with van der Waals surface area (Å²) in [5.74, 6) is 0. The smallest absolute Gasteiger partial charge is 0.0547 e. The second kappa shape index (κ2) is 16.0. The summed E-state index contributed by atoms with van der Waals surface area (Å²) in [5.41, 5.74) is 21.2. The van der Waals surface area contributed by atoms with Crippen LogP contribution in [0.25, 0.3) is 88.4 Å². The average Bonchev–Trinajstić information content (AvgIpc) is 3.89. The van der Waals surface area contributed by atoms with Crippen LogP contribution in [-0.4, -0.2) is 9.13 Å². The van der Waals surface area contributed by atoms with Crippen molar-refractivity contribution in [2.45, 2.75) is 20.8 Å². The van der Waals surface area contributed by atoms with Crippen molar-refractivity contribution in [2.24, 2.45) is 0 Å². The number of rotatable bonds is 8. The lowest BCUT2D eigenvalue weighted by Gasteiger charge is -2.27. The van der Waals surface area contributed by atoms with Crippen LogP contribution in [-0.2, 0) is 0 Å². The van der Waals surface area contributed by atoms with Gasteiger partial charge in [-0.2, -0.15) is 0 Å². The molecule has 2 heterocycles. The van der Waals surface area contributed by atoms with Gasteiger partial charge in [-0.25, -0.2) is 0 Å². The van der Waals surface area contributed by atoms with Gasteiger partial charge in [-0.15, -0.1) is 0 Å². The lowest BCUT2D eigenvalue weighted by atomic mass is 9.84. The number of hydrogen-bond acceptors (Lipinski definition) is 1. The quantitative estimate of drug-likeness (QED) is 0.148. The third-order valence-electron chi connectivity index (χ3n) is 13.4. The molecule has 0 bridgehead atoms. The van der Waals surface area contributed by atoms with Gasteiger partial charge in [0, 0.05) is 50.0 Å². The summed E-state index contributed by atoms with van der Waals surface area (Å²) in [4.78, 5) is 2.38. The molecule has 0 saturated heterocycles. The molecule has 12 aromatic rings. The van der Waals surface area contributed by atoms with E-state index in [1.807, 2.05) is 0 Å². The first-order valence-corrected chi connectivity index (χ1v) is 22.8. The summed E-state index contributed by atoms with van der Waals surface area (Å²) in [6, 6.07) is 84.7. The molecule has 10 aromatic carbocycles. The highest BCUT2D eigenvalue weighted by atomic mass is 15.1. The first kappa shape index (κ1) is 39.2. The molecular formula is C63H47N3. The molecule has 0 amide bonds. The Hall–Kier alpha value is -8.40. The van der Waals surface area contributed by atoms with Crippen LogP contribution in [0.4, 0.5) is 17.1 Å². The molecule has 0 radical (unpaired) electrons. The zero-order valence-electron chi connectivity index (χ0n) is 37.3. The zero-order valence-corrected chi connectivity index (χ0v) is 37.3. The monoisotopic (exact) mass is 845 g/mol. The maximum absolute atomic E-state index is 2.44. The van der Waals surface area contributed by atoms with Crippen LogP contribution < -0.4 is 4.90 Å². The Morgan fingerprint density at radius 1 is 0.318 bits per heavy atom. The van der Waals surface area contributed by atoms with Gasteiger partial charge in [0.15, 0.2) is 0 Å². The fourth-order valence-corrected chi connectivity index (χ4v) is 10.3. The van der Waals surface area contributed by atoms with Crippen LogP contribution >= 0.6 is 0 Å². The summed E-state index contributed by atoms with van der Waals surface area (Å²) in [5, 5.41) is 4.93. The predicted octanol–water partition coefficient (Wildman–Crippen LogP) is 17.3. The van der Waals surface area contributed by atoms with Crippen LogP contribution in [0.3, 0.4) is 0 Å². The van der Waals surface area contributed by atoms with E-state index in [2.05, 4.69) is 265 Å². The molecule has 0 aliphatic rings. The van der Waals surface area contributed by atoms with Crippen LogP contribution in [0.1, 0.15) is 16.7 Å². The Balaban J connectivity index is 1.15. The summed E-state index contributed by atoms with van der Waals surface area (Å²) >= 11 is 0. The molecule has 0 saturated carbocycles. The minimum absolute atomic E-state index is 1.11. The van der Waals surface area contributed by atoms with E-state index in [1.54, 1.807) is 0 Å². The topological polar surface area (TPSA) is 13.1 Å². The molecule has 0 aliphatic heterocycles. The third kappa shape index (κ3) is 6.51. The predicted molar refractivity (Wildman–Crippen MR) is 280 cm³/mol. The van der Waals surface area contributed by atoms with Gasteiger partial charge in [0.2, 0.25) is 0 Å². The van der Waals surface area contributed by atoms with Crippen LogP contribution in [0.5, 0.6) is 0 Å². The molecule has 0 aliphatic carbocycles. The summed E-state index contributed by atoms with van der Waals surface area (Å²) in [6.45, 7) is 6.55. The van der Waals surface area contributed by atoms with E-state index in [4.69, 9.17) is 0 Å². The van der Waals surface area contributed by atoms with Crippen LogP contribution in [0.15, 0.2) is 231 Å². The molecular weight excluding hydrogens is 799 g/mol. The molecule has 3 nitrogen and oxygen atoms in total.